The van der Waals surface area contributed by atoms with Gasteiger partial charge in [0, 0.05) is 0 Å². The molecule has 0 aromatic heterocycles. The lowest BCUT2D eigenvalue weighted by Gasteiger charge is -2.28. The van der Waals surface area contributed by atoms with Crippen molar-refractivity contribution >= 4 is 5.97 Å². The van der Waals surface area contributed by atoms with Gasteiger partial charge in [-0.05, 0) is 37.0 Å². The number of hydrogen-bond donors (Lipinski definition) is 2. The molecule has 2 N–H and O–H groups in total. The second-order valence-corrected chi connectivity index (χ2v) is 4.73. The number of aliphatic hydroxyl groups is 1. The molecule has 1 saturated carbocycles. The topological polar surface area (TPSA) is 66.8 Å². The van der Waals surface area contributed by atoms with Gasteiger partial charge in [-0.25, -0.2) is 0 Å². The van der Waals surface area contributed by atoms with E-state index in [0.29, 0.717) is 11.3 Å². The number of aliphatic hydroxyl groups excluding tert-OH is 1. The maximum absolute atomic E-state index is 10.6. The van der Waals surface area contributed by atoms with Crippen LogP contribution in [0.1, 0.15) is 31.2 Å². The number of hydrogen-bond acceptors (Lipinski definition) is 3. The molecule has 0 saturated heterocycles. The number of rotatable bonds is 4. The van der Waals surface area contributed by atoms with Crippen molar-refractivity contribution in [1.82, 2.24) is 0 Å². The Morgan fingerprint density at radius 1 is 1.33 bits per heavy atom. The summed E-state index contributed by atoms with van der Waals surface area (Å²) in [5, 5.41) is 18.6. The molecule has 1 aliphatic carbocycles. The lowest BCUT2D eigenvalue weighted by molar-refractivity contribution is -0.136. The summed E-state index contributed by atoms with van der Waals surface area (Å²) in [4.78, 5) is 10.6. The quantitative estimate of drug-likeness (QED) is 0.857. The van der Waals surface area contributed by atoms with Crippen LogP contribution >= 0.6 is 0 Å². The molecule has 18 heavy (non-hydrogen) atoms. The summed E-state index contributed by atoms with van der Waals surface area (Å²) in [6.45, 7) is 0. The Balaban J connectivity index is 2.02. The van der Waals surface area contributed by atoms with Gasteiger partial charge in [0.25, 0.3) is 0 Å². The van der Waals surface area contributed by atoms with Crippen LogP contribution in [-0.2, 0) is 11.2 Å². The predicted molar refractivity (Wildman–Crippen MR) is 66.7 cm³/mol. The van der Waals surface area contributed by atoms with Crippen LogP contribution in [0.2, 0.25) is 0 Å². The molecule has 0 aliphatic heterocycles. The summed E-state index contributed by atoms with van der Waals surface area (Å²) in [6, 6.07) is 7.07. The zero-order valence-electron chi connectivity index (χ0n) is 10.2. The summed E-state index contributed by atoms with van der Waals surface area (Å²) in [5.41, 5.74) is 0.713. The van der Waals surface area contributed by atoms with Crippen LogP contribution in [0.25, 0.3) is 0 Å². The van der Waals surface area contributed by atoms with Gasteiger partial charge in [0.1, 0.15) is 11.9 Å². The Morgan fingerprint density at radius 3 is 2.83 bits per heavy atom. The average molecular weight is 250 g/mol. The molecule has 0 spiro atoms. The van der Waals surface area contributed by atoms with Crippen molar-refractivity contribution in [3.05, 3.63) is 29.8 Å². The van der Waals surface area contributed by atoms with Gasteiger partial charge in [-0.2, -0.15) is 0 Å². The van der Waals surface area contributed by atoms with Gasteiger partial charge in [0.05, 0.1) is 12.5 Å². The van der Waals surface area contributed by atoms with Crippen LogP contribution in [0.3, 0.4) is 0 Å². The largest absolute Gasteiger partial charge is 0.488 e. The minimum absolute atomic E-state index is 0.00950. The second kappa shape index (κ2) is 5.87. The molecular weight excluding hydrogens is 232 g/mol. The summed E-state index contributed by atoms with van der Waals surface area (Å²) in [5.74, 6) is -0.218. The highest BCUT2D eigenvalue weighted by Gasteiger charge is 2.24. The Bertz CT molecular complexity index is 416. The fourth-order valence-corrected chi connectivity index (χ4v) is 2.29. The van der Waals surface area contributed by atoms with Crippen LogP contribution in [0.4, 0.5) is 0 Å². The van der Waals surface area contributed by atoms with Crippen LogP contribution < -0.4 is 4.74 Å². The van der Waals surface area contributed by atoms with E-state index < -0.39 is 12.1 Å². The summed E-state index contributed by atoms with van der Waals surface area (Å²) < 4.78 is 5.75. The highest BCUT2D eigenvalue weighted by Crippen LogP contribution is 2.24. The maximum Gasteiger partial charge on any atom is 0.307 e. The van der Waals surface area contributed by atoms with E-state index in [4.69, 9.17) is 9.84 Å². The van der Waals surface area contributed by atoms with Gasteiger partial charge in [-0.15, -0.1) is 0 Å². The normalized spacial score (nSPS) is 23.6. The molecule has 0 radical (unpaired) electrons. The Labute approximate surface area is 106 Å². The first-order valence-electron chi connectivity index (χ1n) is 6.30. The first-order chi connectivity index (χ1) is 8.65. The van der Waals surface area contributed by atoms with Crippen molar-refractivity contribution < 1.29 is 19.7 Å². The SMILES string of the molecule is O=C(O)Cc1cccc(OC2CCCCC2O)c1. The molecule has 2 atom stereocenters. The average Bonchev–Trinajstić information content (AvgIpc) is 2.32. The van der Waals surface area contributed by atoms with E-state index in [1.165, 1.54) is 0 Å². The monoisotopic (exact) mass is 250 g/mol. The lowest BCUT2D eigenvalue weighted by Crippen LogP contribution is -2.34. The van der Waals surface area contributed by atoms with E-state index in [2.05, 4.69) is 0 Å². The van der Waals surface area contributed by atoms with Gasteiger partial charge < -0.3 is 14.9 Å². The van der Waals surface area contributed by atoms with Crippen molar-refractivity contribution in [1.29, 1.82) is 0 Å². The van der Waals surface area contributed by atoms with Crippen molar-refractivity contribution in [2.75, 3.05) is 0 Å². The number of carboxylic acid groups (broad SMARTS) is 1. The molecule has 0 bridgehead atoms. The van der Waals surface area contributed by atoms with Crippen LogP contribution in [0.5, 0.6) is 5.75 Å². The maximum atomic E-state index is 10.6. The Morgan fingerprint density at radius 2 is 2.11 bits per heavy atom. The second-order valence-electron chi connectivity index (χ2n) is 4.73. The minimum Gasteiger partial charge on any atom is -0.488 e. The summed E-state index contributed by atoms with van der Waals surface area (Å²) >= 11 is 0. The number of aliphatic carboxylic acids is 1. The zero-order chi connectivity index (χ0) is 13.0. The third kappa shape index (κ3) is 3.47. The molecule has 1 aromatic carbocycles. The van der Waals surface area contributed by atoms with Gasteiger partial charge in [-0.1, -0.05) is 18.6 Å². The van der Waals surface area contributed by atoms with E-state index in [0.717, 1.165) is 25.7 Å². The minimum atomic E-state index is -0.857. The molecular formula is C14H18O4. The molecule has 2 rings (SSSR count). The van der Waals surface area contributed by atoms with E-state index in [9.17, 15) is 9.90 Å². The van der Waals surface area contributed by atoms with E-state index in [1.807, 2.05) is 0 Å². The molecule has 4 heteroatoms. The zero-order valence-corrected chi connectivity index (χ0v) is 10.2. The molecule has 1 fully saturated rings. The highest BCUT2D eigenvalue weighted by molar-refractivity contribution is 5.70. The summed E-state index contributed by atoms with van der Waals surface area (Å²) in [6.07, 6.45) is 3.14. The van der Waals surface area contributed by atoms with Crippen molar-refractivity contribution in [3.8, 4) is 5.75 Å². The number of carboxylic acids is 1. The standard InChI is InChI=1S/C14H18O4/c15-12-6-1-2-7-13(12)18-11-5-3-4-10(8-11)9-14(16)17/h3-5,8,12-13,15H,1-2,6-7,9H2,(H,16,17). The Kier molecular flexibility index (Phi) is 4.20. The number of benzene rings is 1. The molecule has 2 unspecified atom stereocenters. The molecule has 98 valence electrons. The molecule has 4 nitrogen and oxygen atoms in total. The van der Waals surface area contributed by atoms with E-state index in [1.54, 1.807) is 24.3 Å². The fourth-order valence-electron chi connectivity index (χ4n) is 2.29. The third-order valence-corrected chi connectivity index (χ3v) is 3.21. The van der Waals surface area contributed by atoms with E-state index >= 15 is 0 Å². The van der Waals surface area contributed by atoms with Crippen LogP contribution in [0, 0.1) is 0 Å². The van der Waals surface area contributed by atoms with Gasteiger partial charge in [-0.3, -0.25) is 4.79 Å². The lowest BCUT2D eigenvalue weighted by atomic mass is 9.95. The van der Waals surface area contributed by atoms with Crippen LogP contribution in [-0.4, -0.2) is 28.4 Å². The number of ether oxygens (including phenoxy) is 1. The molecule has 0 amide bonds. The molecule has 0 heterocycles. The Hall–Kier alpha value is -1.55. The fraction of sp³-hybridized carbons (Fsp3) is 0.500. The van der Waals surface area contributed by atoms with Crippen molar-refractivity contribution in [2.24, 2.45) is 0 Å². The number of carbonyl (C=O) groups is 1. The smallest absolute Gasteiger partial charge is 0.307 e. The van der Waals surface area contributed by atoms with E-state index in [-0.39, 0.29) is 12.5 Å². The van der Waals surface area contributed by atoms with Gasteiger partial charge >= 0.3 is 5.97 Å². The first-order valence-corrected chi connectivity index (χ1v) is 6.30. The third-order valence-electron chi connectivity index (χ3n) is 3.21. The van der Waals surface area contributed by atoms with Crippen LogP contribution in [0.15, 0.2) is 24.3 Å². The molecule has 1 aliphatic rings. The molecule has 1 aromatic rings. The highest BCUT2D eigenvalue weighted by atomic mass is 16.5. The summed E-state index contributed by atoms with van der Waals surface area (Å²) in [7, 11) is 0. The van der Waals surface area contributed by atoms with Crippen molar-refractivity contribution in [3.63, 3.8) is 0 Å². The van der Waals surface area contributed by atoms with Crippen molar-refractivity contribution in [2.45, 2.75) is 44.3 Å². The van der Waals surface area contributed by atoms with Gasteiger partial charge in [0.2, 0.25) is 0 Å². The first kappa shape index (κ1) is 12.9. The van der Waals surface area contributed by atoms with Gasteiger partial charge in [0.15, 0.2) is 0 Å². The predicted octanol–water partition coefficient (Wildman–Crippen LogP) is 2.00.